The van der Waals surface area contributed by atoms with Crippen LogP contribution in [0.5, 0.6) is 0 Å². The van der Waals surface area contributed by atoms with E-state index >= 15 is 0 Å². The van der Waals surface area contributed by atoms with E-state index in [2.05, 4.69) is 4.98 Å². The zero-order chi connectivity index (χ0) is 7.40. The van der Waals surface area contributed by atoms with Gasteiger partial charge in [-0.15, -0.1) is 0 Å². The Morgan fingerprint density at radius 2 is 1.90 bits per heavy atom. The van der Waals surface area contributed by atoms with Crippen LogP contribution in [-0.2, 0) is 6.42 Å². The third-order valence-electron chi connectivity index (χ3n) is 1.17. The first-order valence-corrected chi connectivity index (χ1v) is 3.04. The molecule has 54 valence electrons. The first kappa shape index (κ1) is 7.18. The summed E-state index contributed by atoms with van der Waals surface area (Å²) in [6.45, 7) is 0. The Labute approximate surface area is 59.0 Å². The lowest BCUT2D eigenvalue weighted by atomic mass is 10.2. The summed E-state index contributed by atoms with van der Waals surface area (Å²) in [5, 5.41) is 17.1. The Morgan fingerprint density at radius 1 is 1.30 bits per heavy atom. The van der Waals surface area contributed by atoms with Crippen LogP contribution in [-0.4, -0.2) is 21.5 Å². The molecule has 0 saturated heterocycles. The average Bonchev–Trinajstić information content (AvgIpc) is 1.88. The molecular weight excluding hydrogens is 130 g/mol. The van der Waals surface area contributed by atoms with Gasteiger partial charge in [-0.05, 0) is 17.7 Å². The largest absolute Gasteiger partial charge is 0.368 e. The number of pyridine rings is 1. The van der Waals surface area contributed by atoms with E-state index < -0.39 is 6.29 Å². The smallest absolute Gasteiger partial charge is 0.155 e. The summed E-state index contributed by atoms with van der Waals surface area (Å²) < 4.78 is 0. The lowest BCUT2D eigenvalue weighted by molar-refractivity contribution is -0.0381. The predicted molar refractivity (Wildman–Crippen MR) is 36.2 cm³/mol. The molecule has 0 saturated carbocycles. The van der Waals surface area contributed by atoms with Crippen LogP contribution in [0.25, 0.3) is 0 Å². The molecule has 1 heterocycles. The van der Waals surface area contributed by atoms with Crippen LogP contribution in [0.3, 0.4) is 0 Å². The molecule has 1 rings (SSSR count). The van der Waals surface area contributed by atoms with E-state index in [0.717, 1.165) is 5.56 Å². The van der Waals surface area contributed by atoms with Gasteiger partial charge in [-0.3, -0.25) is 4.98 Å². The van der Waals surface area contributed by atoms with Gasteiger partial charge in [0.15, 0.2) is 6.29 Å². The maximum absolute atomic E-state index is 8.54. The molecule has 2 N–H and O–H groups in total. The Balaban J connectivity index is 2.59. The monoisotopic (exact) mass is 139 g/mol. The van der Waals surface area contributed by atoms with Crippen molar-refractivity contribution in [3.63, 3.8) is 0 Å². The highest BCUT2D eigenvalue weighted by molar-refractivity contribution is 5.09. The van der Waals surface area contributed by atoms with Gasteiger partial charge in [0.2, 0.25) is 0 Å². The summed E-state index contributed by atoms with van der Waals surface area (Å²) in [6.07, 6.45) is 2.25. The maximum Gasteiger partial charge on any atom is 0.155 e. The van der Waals surface area contributed by atoms with Crippen molar-refractivity contribution in [2.75, 3.05) is 0 Å². The van der Waals surface area contributed by atoms with Gasteiger partial charge in [-0.1, -0.05) is 0 Å². The molecule has 0 atom stereocenters. The maximum atomic E-state index is 8.54. The third kappa shape index (κ3) is 2.13. The molecule has 0 aliphatic carbocycles. The third-order valence-corrected chi connectivity index (χ3v) is 1.17. The van der Waals surface area contributed by atoms with Crippen molar-refractivity contribution in [1.29, 1.82) is 0 Å². The van der Waals surface area contributed by atoms with Gasteiger partial charge >= 0.3 is 0 Å². The van der Waals surface area contributed by atoms with Gasteiger partial charge in [0.1, 0.15) is 0 Å². The zero-order valence-electron chi connectivity index (χ0n) is 5.44. The Kier molecular flexibility index (Phi) is 2.36. The van der Waals surface area contributed by atoms with E-state index in [1.165, 1.54) is 0 Å². The molecular formula is C7H9NO2. The molecule has 0 unspecified atom stereocenters. The normalized spacial score (nSPS) is 10.3. The van der Waals surface area contributed by atoms with E-state index in [1.807, 2.05) is 0 Å². The second-order valence-corrected chi connectivity index (χ2v) is 2.04. The van der Waals surface area contributed by atoms with E-state index in [-0.39, 0.29) is 6.42 Å². The van der Waals surface area contributed by atoms with Gasteiger partial charge in [-0.25, -0.2) is 0 Å². The lowest BCUT2D eigenvalue weighted by Gasteiger charge is -2.00. The molecule has 0 fully saturated rings. The number of aliphatic hydroxyl groups is 2. The van der Waals surface area contributed by atoms with E-state index in [1.54, 1.807) is 24.5 Å². The molecule has 0 radical (unpaired) electrons. The molecule has 0 aliphatic heterocycles. The van der Waals surface area contributed by atoms with Crippen LogP contribution in [0.4, 0.5) is 0 Å². The van der Waals surface area contributed by atoms with Crippen LogP contribution in [0, 0.1) is 0 Å². The van der Waals surface area contributed by atoms with E-state index in [0.29, 0.717) is 0 Å². The second-order valence-electron chi connectivity index (χ2n) is 2.04. The summed E-state index contributed by atoms with van der Waals surface area (Å²) in [7, 11) is 0. The lowest BCUT2D eigenvalue weighted by Crippen LogP contribution is -2.07. The van der Waals surface area contributed by atoms with Crippen molar-refractivity contribution in [2.45, 2.75) is 12.7 Å². The molecule has 0 bridgehead atoms. The first-order chi connectivity index (χ1) is 4.79. The van der Waals surface area contributed by atoms with Crippen LogP contribution < -0.4 is 0 Å². The van der Waals surface area contributed by atoms with Crippen molar-refractivity contribution in [3.05, 3.63) is 30.1 Å². The topological polar surface area (TPSA) is 53.4 Å². The van der Waals surface area contributed by atoms with Crippen molar-refractivity contribution in [3.8, 4) is 0 Å². The minimum atomic E-state index is -1.26. The summed E-state index contributed by atoms with van der Waals surface area (Å²) >= 11 is 0. The van der Waals surface area contributed by atoms with E-state index in [4.69, 9.17) is 10.2 Å². The molecule has 3 nitrogen and oxygen atoms in total. The zero-order valence-corrected chi connectivity index (χ0v) is 5.44. The molecule has 0 aliphatic rings. The second kappa shape index (κ2) is 3.29. The minimum Gasteiger partial charge on any atom is -0.368 e. The van der Waals surface area contributed by atoms with Crippen molar-refractivity contribution in [2.24, 2.45) is 0 Å². The van der Waals surface area contributed by atoms with Crippen molar-refractivity contribution in [1.82, 2.24) is 4.98 Å². The Bertz CT molecular complexity index is 186. The van der Waals surface area contributed by atoms with Gasteiger partial charge < -0.3 is 10.2 Å². The molecule has 1 aromatic heterocycles. The molecule has 0 aromatic carbocycles. The van der Waals surface area contributed by atoms with Gasteiger partial charge in [0.25, 0.3) is 0 Å². The fourth-order valence-corrected chi connectivity index (χ4v) is 0.730. The Hall–Kier alpha value is -0.930. The van der Waals surface area contributed by atoms with Crippen molar-refractivity contribution >= 4 is 0 Å². The quantitative estimate of drug-likeness (QED) is 0.564. The molecule has 0 amide bonds. The van der Waals surface area contributed by atoms with Crippen LogP contribution in [0.1, 0.15) is 5.56 Å². The van der Waals surface area contributed by atoms with Crippen LogP contribution in [0.2, 0.25) is 0 Å². The number of hydrogen-bond acceptors (Lipinski definition) is 3. The highest BCUT2D eigenvalue weighted by Crippen LogP contribution is 1.98. The number of aliphatic hydroxyl groups excluding tert-OH is 1. The van der Waals surface area contributed by atoms with Crippen LogP contribution >= 0.6 is 0 Å². The molecule has 3 heteroatoms. The van der Waals surface area contributed by atoms with Gasteiger partial charge in [0.05, 0.1) is 0 Å². The highest BCUT2D eigenvalue weighted by Gasteiger charge is 1.97. The predicted octanol–water partition coefficient (Wildman–Crippen LogP) is -0.0652. The van der Waals surface area contributed by atoms with E-state index in [9.17, 15) is 0 Å². The molecule has 10 heavy (non-hydrogen) atoms. The number of nitrogens with zero attached hydrogens (tertiary/aromatic N) is 1. The van der Waals surface area contributed by atoms with Crippen LogP contribution in [0.15, 0.2) is 24.5 Å². The summed E-state index contributed by atoms with van der Waals surface area (Å²) in [4.78, 5) is 3.79. The minimum absolute atomic E-state index is 0.266. The summed E-state index contributed by atoms with van der Waals surface area (Å²) in [5.41, 5.74) is 0.880. The number of rotatable bonds is 2. The van der Waals surface area contributed by atoms with Crippen molar-refractivity contribution < 1.29 is 10.2 Å². The molecule has 1 aromatic rings. The van der Waals surface area contributed by atoms with Gasteiger partial charge in [-0.2, -0.15) is 0 Å². The SMILES string of the molecule is OC(O)Cc1ccncc1. The number of aromatic nitrogens is 1. The summed E-state index contributed by atoms with van der Waals surface area (Å²) in [5.74, 6) is 0. The van der Waals surface area contributed by atoms with Gasteiger partial charge in [0, 0.05) is 18.8 Å². The fraction of sp³-hybridized carbons (Fsp3) is 0.286. The summed E-state index contributed by atoms with van der Waals surface area (Å²) in [6, 6.07) is 3.50. The average molecular weight is 139 g/mol. The highest BCUT2D eigenvalue weighted by atomic mass is 16.5. The standard InChI is InChI=1S/C7H9NO2/c9-7(10)5-6-1-3-8-4-2-6/h1-4,7,9-10H,5H2. The molecule has 0 spiro atoms. The first-order valence-electron chi connectivity index (χ1n) is 3.04. The fourth-order valence-electron chi connectivity index (χ4n) is 0.730. The Morgan fingerprint density at radius 3 is 2.40 bits per heavy atom. The number of hydrogen-bond donors (Lipinski definition) is 2.